The molecule has 0 aliphatic rings. The molecule has 0 fully saturated rings. The number of benzene rings is 1. The lowest BCUT2D eigenvalue weighted by Crippen LogP contribution is -2.09. The van der Waals surface area contributed by atoms with Gasteiger partial charge in [0.2, 0.25) is 0 Å². The van der Waals surface area contributed by atoms with Crippen LogP contribution in [0.3, 0.4) is 0 Å². The van der Waals surface area contributed by atoms with Gasteiger partial charge in [-0.3, -0.25) is 0 Å². The van der Waals surface area contributed by atoms with Crippen molar-refractivity contribution in [3.63, 3.8) is 0 Å². The predicted molar refractivity (Wildman–Crippen MR) is 68.5 cm³/mol. The van der Waals surface area contributed by atoms with Gasteiger partial charge in [0.15, 0.2) is 5.82 Å². The molecule has 0 saturated heterocycles. The van der Waals surface area contributed by atoms with Crippen molar-refractivity contribution in [3.05, 3.63) is 27.6 Å². The van der Waals surface area contributed by atoms with Crippen LogP contribution in [0, 0.1) is 3.57 Å². The first-order valence-electron chi connectivity index (χ1n) is 5.23. The minimum atomic E-state index is -4.26. The fourth-order valence-electron chi connectivity index (χ4n) is 1.40. The molecule has 1 aromatic carbocycles. The lowest BCUT2D eigenvalue weighted by molar-refractivity contribution is -0.134. The van der Waals surface area contributed by atoms with E-state index in [1.807, 2.05) is 22.6 Å². The topological polar surface area (TPSA) is 59.2 Å². The summed E-state index contributed by atoms with van der Waals surface area (Å²) >= 11 is 2.03. The molecule has 0 bridgehead atoms. The molecular weight excluding hydrogens is 376 g/mol. The molecule has 19 heavy (non-hydrogen) atoms. The second-order valence-corrected chi connectivity index (χ2v) is 5.04. The fourth-order valence-corrected chi connectivity index (χ4v) is 1.89. The third-order valence-corrected chi connectivity index (χ3v) is 2.96. The van der Waals surface area contributed by atoms with Gasteiger partial charge in [-0.2, -0.15) is 18.2 Å². The number of aromatic nitrogens is 2. The lowest BCUT2D eigenvalue weighted by Gasteiger charge is -2.02. The Morgan fingerprint density at radius 1 is 1.32 bits per heavy atom. The van der Waals surface area contributed by atoms with Crippen molar-refractivity contribution in [2.75, 3.05) is 0 Å². The summed E-state index contributed by atoms with van der Waals surface area (Å²) in [5, 5.41) is 13.1. The number of phenols is 1. The zero-order chi connectivity index (χ0) is 14.0. The first kappa shape index (κ1) is 14.1. The largest absolute Gasteiger partial charge is 0.507 e. The van der Waals surface area contributed by atoms with E-state index >= 15 is 0 Å². The highest BCUT2D eigenvalue weighted by Gasteiger charge is 2.27. The van der Waals surface area contributed by atoms with Crippen molar-refractivity contribution < 1.29 is 22.8 Å². The Labute approximate surface area is 119 Å². The summed E-state index contributed by atoms with van der Waals surface area (Å²) in [6, 6.07) is 4.74. The number of alkyl halides is 3. The van der Waals surface area contributed by atoms with Crippen molar-refractivity contribution in [1.29, 1.82) is 0 Å². The summed E-state index contributed by atoms with van der Waals surface area (Å²) in [5.74, 6) is -0.0924. The quantitative estimate of drug-likeness (QED) is 0.823. The SMILES string of the molecule is Oc1ccc(I)cc1-c1nc(CCC(F)(F)F)no1. The molecule has 2 rings (SSSR count). The van der Waals surface area contributed by atoms with E-state index in [1.54, 1.807) is 12.1 Å². The molecule has 4 nitrogen and oxygen atoms in total. The van der Waals surface area contributed by atoms with Gasteiger partial charge in [0.25, 0.3) is 5.89 Å². The summed E-state index contributed by atoms with van der Waals surface area (Å²) in [4.78, 5) is 3.84. The van der Waals surface area contributed by atoms with E-state index < -0.39 is 12.6 Å². The van der Waals surface area contributed by atoms with Crippen LogP contribution in [0.25, 0.3) is 11.5 Å². The zero-order valence-corrected chi connectivity index (χ0v) is 11.6. The number of rotatable bonds is 3. The van der Waals surface area contributed by atoms with Crippen LogP contribution < -0.4 is 0 Å². The predicted octanol–water partition coefficient (Wildman–Crippen LogP) is 3.54. The van der Waals surface area contributed by atoms with Gasteiger partial charge in [-0.1, -0.05) is 5.16 Å². The number of halogens is 4. The smallest absolute Gasteiger partial charge is 0.389 e. The Morgan fingerprint density at radius 2 is 2.05 bits per heavy atom. The van der Waals surface area contributed by atoms with Crippen molar-refractivity contribution in [2.24, 2.45) is 0 Å². The standard InChI is InChI=1S/C11H8F3IN2O2/c12-11(13,14)4-3-9-16-10(19-17-9)7-5-6(15)1-2-8(7)18/h1-2,5,18H,3-4H2. The molecule has 102 valence electrons. The van der Waals surface area contributed by atoms with Crippen LogP contribution in [0.1, 0.15) is 12.2 Å². The van der Waals surface area contributed by atoms with Crippen molar-refractivity contribution in [3.8, 4) is 17.2 Å². The van der Waals surface area contributed by atoms with Gasteiger partial charge < -0.3 is 9.63 Å². The Kier molecular flexibility index (Phi) is 3.97. The average molecular weight is 384 g/mol. The molecule has 0 aliphatic carbocycles. The third kappa shape index (κ3) is 3.82. The minimum Gasteiger partial charge on any atom is -0.507 e. The molecule has 1 heterocycles. The lowest BCUT2D eigenvalue weighted by atomic mass is 10.2. The molecule has 0 unspecified atom stereocenters. The van der Waals surface area contributed by atoms with E-state index in [9.17, 15) is 18.3 Å². The normalized spacial score (nSPS) is 11.8. The highest BCUT2D eigenvalue weighted by Crippen LogP contribution is 2.29. The van der Waals surface area contributed by atoms with Gasteiger partial charge in [0, 0.05) is 9.99 Å². The Hall–Kier alpha value is -1.32. The van der Waals surface area contributed by atoms with E-state index in [4.69, 9.17) is 4.52 Å². The minimum absolute atomic E-state index is 0.00758. The van der Waals surface area contributed by atoms with Crippen molar-refractivity contribution in [2.45, 2.75) is 19.0 Å². The van der Waals surface area contributed by atoms with Crippen LogP contribution in [0.4, 0.5) is 13.2 Å². The Bertz CT molecular complexity index is 584. The summed E-state index contributed by atoms with van der Waals surface area (Å²) < 4.78 is 41.9. The first-order valence-corrected chi connectivity index (χ1v) is 6.31. The number of hydrogen-bond donors (Lipinski definition) is 1. The van der Waals surface area contributed by atoms with Crippen LogP contribution in [-0.2, 0) is 6.42 Å². The van der Waals surface area contributed by atoms with E-state index in [-0.39, 0.29) is 23.9 Å². The Balaban J connectivity index is 2.19. The number of hydrogen-bond acceptors (Lipinski definition) is 4. The Morgan fingerprint density at radius 3 is 2.74 bits per heavy atom. The number of aromatic hydroxyl groups is 1. The van der Waals surface area contributed by atoms with E-state index in [0.29, 0.717) is 5.56 Å². The molecular formula is C11H8F3IN2O2. The molecule has 0 saturated carbocycles. The summed E-state index contributed by atoms with van der Waals surface area (Å²) in [7, 11) is 0. The van der Waals surface area contributed by atoms with Gasteiger partial charge >= 0.3 is 6.18 Å². The summed E-state index contributed by atoms with van der Waals surface area (Å²) in [5.41, 5.74) is 0.303. The van der Waals surface area contributed by atoms with Gasteiger partial charge in [-0.05, 0) is 40.8 Å². The van der Waals surface area contributed by atoms with Crippen LogP contribution in [-0.4, -0.2) is 21.4 Å². The number of aryl methyl sites for hydroxylation is 1. The maximum absolute atomic E-state index is 12.1. The van der Waals surface area contributed by atoms with Crippen LogP contribution in [0.2, 0.25) is 0 Å². The molecule has 1 N–H and O–H groups in total. The highest BCUT2D eigenvalue weighted by atomic mass is 127. The molecule has 0 aliphatic heterocycles. The zero-order valence-electron chi connectivity index (χ0n) is 9.41. The van der Waals surface area contributed by atoms with Gasteiger partial charge in [0.05, 0.1) is 12.0 Å². The van der Waals surface area contributed by atoms with Crippen LogP contribution >= 0.6 is 22.6 Å². The molecule has 2 aromatic rings. The molecule has 0 atom stereocenters. The van der Waals surface area contributed by atoms with Gasteiger partial charge in [-0.25, -0.2) is 0 Å². The maximum atomic E-state index is 12.1. The van der Waals surface area contributed by atoms with E-state index in [2.05, 4.69) is 10.1 Å². The van der Waals surface area contributed by atoms with Gasteiger partial charge in [0.1, 0.15) is 5.75 Å². The average Bonchev–Trinajstić information content (AvgIpc) is 2.77. The van der Waals surface area contributed by atoms with Gasteiger partial charge in [-0.15, -0.1) is 0 Å². The van der Waals surface area contributed by atoms with E-state index in [0.717, 1.165) is 3.57 Å². The fraction of sp³-hybridized carbons (Fsp3) is 0.273. The molecule has 1 aromatic heterocycles. The highest BCUT2D eigenvalue weighted by molar-refractivity contribution is 14.1. The van der Waals surface area contributed by atoms with Crippen LogP contribution in [0.5, 0.6) is 5.75 Å². The molecule has 0 amide bonds. The van der Waals surface area contributed by atoms with Crippen molar-refractivity contribution in [1.82, 2.24) is 10.1 Å². The monoisotopic (exact) mass is 384 g/mol. The number of nitrogens with zero attached hydrogens (tertiary/aromatic N) is 2. The van der Waals surface area contributed by atoms with Crippen molar-refractivity contribution >= 4 is 22.6 Å². The second kappa shape index (κ2) is 5.35. The second-order valence-electron chi connectivity index (χ2n) is 3.79. The first-order chi connectivity index (χ1) is 8.85. The third-order valence-electron chi connectivity index (χ3n) is 2.29. The van der Waals surface area contributed by atoms with Crippen LogP contribution in [0.15, 0.2) is 22.7 Å². The molecule has 8 heteroatoms. The maximum Gasteiger partial charge on any atom is 0.389 e. The molecule has 0 radical (unpaired) electrons. The van der Waals surface area contributed by atoms with E-state index in [1.165, 1.54) is 6.07 Å². The summed E-state index contributed by atoms with van der Waals surface area (Å²) in [6.07, 6.45) is -5.62. The summed E-state index contributed by atoms with van der Waals surface area (Å²) in [6.45, 7) is 0. The molecule has 0 spiro atoms. The number of phenolic OH excluding ortho intramolecular Hbond substituents is 1.